The van der Waals surface area contributed by atoms with Gasteiger partial charge in [-0.3, -0.25) is 15.1 Å². The minimum Gasteiger partial charge on any atom is -0.313 e. The van der Waals surface area contributed by atoms with Gasteiger partial charge < -0.3 is 5.32 Å². The van der Waals surface area contributed by atoms with E-state index in [2.05, 4.69) is 10.3 Å². The van der Waals surface area contributed by atoms with E-state index in [0.717, 1.165) is 5.56 Å². The van der Waals surface area contributed by atoms with E-state index in [-0.39, 0.29) is 23.8 Å². The molecule has 1 saturated heterocycles. The summed E-state index contributed by atoms with van der Waals surface area (Å²) in [7, 11) is -4.05. The maximum absolute atomic E-state index is 13.3. The van der Waals surface area contributed by atoms with Gasteiger partial charge in [0.25, 0.3) is 15.7 Å². The highest BCUT2D eigenvalue weighted by Gasteiger charge is 2.38. The summed E-state index contributed by atoms with van der Waals surface area (Å²) in [6.45, 7) is 4.60. The molecule has 0 aliphatic carbocycles. The van der Waals surface area contributed by atoms with Crippen LogP contribution in [0.2, 0.25) is 0 Å². The first-order valence-corrected chi connectivity index (χ1v) is 9.64. The van der Waals surface area contributed by atoms with Gasteiger partial charge in [-0.05, 0) is 42.7 Å². The summed E-state index contributed by atoms with van der Waals surface area (Å²) in [5.74, 6) is 0. The second-order valence-electron chi connectivity index (χ2n) is 6.28. The Balaban J connectivity index is 0.00000261. The van der Waals surface area contributed by atoms with E-state index in [0.29, 0.717) is 24.2 Å². The molecular weight excluding hydrogens is 392 g/mol. The molecule has 0 spiro atoms. The molecule has 10 heteroatoms. The second kappa shape index (κ2) is 8.30. The SMILES string of the molecule is Cc1cc([N+](=O)[O-])c(S(=O)(=O)N2CCNCC2c2cccnc2)cc1C.Cl. The van der Waals surface area contributed by atoms with Crippen LogP contribution in [-0.2, 0) is 10.0 Å². The summed E-state index contributed by atoms with van der Waals surface area (Å²) in [5, 5.41) is 14.6. The molecule has 0 bridgehead atoms. The van der Waals surface area contributed by atoms with Gasteiger partial charge in [0.15, 0.2) is 4.90 Å². The third-order valence-corrected chi connectivity index (χ3v) is 6.56. The van der Waals surface area contributed by atoms with Gasteiger partial charge in [0.05, 0.1) is 11.0 Å². The number of hydrogen-bond donors (Lipinski definition) is 1. The van der Waals surface area contributed by atoms with Crippen molar-refractivity contribution < 1.29 is 13.3 Å². The Labute approximate surface area is 164 Å². The Morgan fingerprint density at radius 2 is 2.00 bits per heavy atom. The third-order valence-electron chi connectivity index (χ3n) is 4.62. The van der Waals surface area contributed by atoms with Crippen LogP contribution in [0, 0.1) is 24.0 Å². The number of nitro benzene ring substituents is 1. The van der Waals surface area contributed by atoms with E-state index in [1.54, 1.807) is 32.3 Å². The number of aromatic nitrogens is 1. The predicted octanol–water partition coefficient (Wildman–Crippen LogP) is 2.36. The number of benzene rings is 1. The summed E-state index contributed by atoms with van der Waals surface area (Å²) in [5.41, 5.74) is 1.73. The Kier molecular flexibility index (Phi) is 6.53. The van der Waals surface area contributed by atoms with Crippen molar-refractivity contribution in [2.45, 2.75) is 24.8 Å². The van der Waals surface area contributed by atoms with Gasteiger partial charge in [-0.25, -0.2) is 8.42 Å². The zero-order valence-corrected chi connectivity index (χ0v) is 16.6. The Morgan fingerprint density at radius 1 is 1.30 bits per heavy atom. The normalized spacial score (nSPS) is 17.9. The van der Waals surface area contributed by atoms with Crippen LogP contribution in [-0.4, -0.2) is 42.3 Å². The van der Waals surface area contributed by atoms with E-state index >= 15 is 0 Å². The van der Waals surface area contributed by atoms with Crippen molar-refractivity contribution in [2.75, 3.05) is 19.6 Å². The molecule has 0 radical (unpaired) electrons. The van der Waals surface area contributed by atoms with Crippen molar-refractivity contribution in [2.24, 2.45) is 0 Å². The van der Waals surface area contributed by atoms with Gasteiger partial charge in [-0.1, -0.05) is 6.07 Å². The van der Waals surface area contributed by atoms with Gasteiger partial charge >= 0.3 is 0 Å². The zero-order chi connectivity index (χ0) is 18.9. The number of halogens is 1. The maximum Gasteiger partial charge on any atom is 0.289 e. The molecular formula is C17H21ClN4O4S. The fraction of sp³-hybridized carbons (Fsp3) is 0.353. The molecule has 2 aromatic rings. The van der Waals surface area contributed by atoms with E-state index < -0.39 is 26.7 Å². The lowest BCUT2D eigenvalue weighted by atomic mass is 10.1. The van der Waals surface area contributed by atoms with Gasteiger partial charge in [-0.2, -0.15) is 4.31 Å². The molecule has 1 atom stereocenters. The molecule has 146 valence electrons. The number of hydrogen-bond acceptors (Lipinski definition) is 6. The average molecular weight is 413 g/mol. The van der Waals surface area contributed by atoms with Gasteiger partial charge in [-0.15, -0.1) is 12.4 Å². The molecule has 1 N–H and O–H groups in total. The molecule has 2 heterocycles. The second-order valence-corrected chi connectivity index (χ2v) is 8.14. The highest BCUT2D eigenvalue weighted by Crippen LogP contribution is 2.34. The van der Waals surface area contributed by atoms with Gasteiger partial charge in [0.2, 0.25) is 0 Å². The number of aryl methyl sites for hydroxylation is 2. The van der Waals surface area contributed by atoms with Gasteiger partial charge in [0.1, 0.15) is 0 Å². The summed E-state index contributed by atoms with van der Waals surface area (Å²) in [6, 6.07) is 5.80. The number of nitrogens with one attached hydrogen (secondary N) is 1. The lowest BCUT2D eigenvalue weighted by Crippen LogP contribution is -2.48. The molecule has 1 aliphatic heterocycles. The van der Waals surface area contributed by atoms with Crippen LogP contribution >= 0.6 is 12.4 Å². The van der Waals surface area contributed by atoms with Crippen LogP contribution in [0.3, 0.4) is 0 Å². The molecule has 1 aromatic heterocycles. The molecule has 1 unspecified atom stereocenters. The predicted molar refractivity (Wildman–Crippen MR) is 104 cm³/mol. The monoisotopic (exact) mass is 412 g/mol. The standard InChI is InChI=1S/C17H20N4O4S.ClH/c1-12-8-15(21(22)23)17(9-13(12)2)26(24,25)20-7-6-19-11-16(20)14-4-3-5-18-10-14;/h3-5,8-10,16,19H,6-7,11H2,1-2H3;1H. The van der Waals surface area contributed by atoms with E-state index in [9.17, 15) is 18.5 Å². The van der Waals surface area contributed by atoms with Crippen molar-refractivity contribution in [1.82, 2.24) is 14.6 Å². The topological polar surface area (TPSA) is 105 Å². The van der Waals surface area contributed by atoms with Crippen LogP contribution in [0.15, 0.2) is 41.6 Å². The van der Waals surface area contributed by atoms with Crippen LogP contribution in [0.25, 0.3) is 0 Å². The number of rotatable bonds is 4. The maximum atomic E-state index is 13.3. The molecule has 8 nitrogen and oxygen atoms in total. The Morgan fingerprint density at radius 3 is 2.63 bits per heavy atom. The molecule has 1 aliphatic rings. The van der Waals surface area contributed by atoms with Crippen LogP contribution in [0.5, 0.6) is 0 Å². The first kappa shape index (κ1) is 21.2. The summed E-state index contributed by atoms with van der Waals surface area (Å²) < 4.78 is 28.0. The highest BCUT2D eigenvalue weighted by molar-refractivity contribution is 7.89. The fourth-order valence-corrected chi connectivity index (χ4v) is 4.92. The van der Waals surface area contributed by atoms with E-state index in [4.69, 9.17) is 0 Å². The average Bonchev–Trinajstić information content (AvgIpc) is 2.64. The zero-order valence-electron chi connectivity index (χ0n) is 15.0. The smallest absolute Gasteiger partial charge is 0.289 e. The highest BCUT2D eigenvalue weighted by atomic mass is 35.5. The van der Waals surface area contributed by atoms with Crippen molar-refractivity contribution in [3.63, 3.8) is 0 Å². The minimum absolute atomic E-state index is 0. The molecule has 1 aromatic carbocycles. The lowest BCUT2D eigenvalue weighted by Gasteiger charge is -2.35. The van der Waals surface area contributed by atoms with Crippen molar-refractivity contribution >= 4 is 28.1 Å². The third kappa shape index (κ3) is 4.11. The van der Waals surface area contributed by atoms with Crippen LogP contribution in [0.1, 0.15) is 22.7 Å². The number of piperazine rings is 1. The Hall–Kier alpha value is -2.07. The summed E-state index contributed by atoms with van der Waals surface area (Å²) >= 11 is 0. The Bertz CT molecular complexity index is 937. The molecule has 0 saturated carbocycles. The molecule has 1 fully saturated rings. The molecule has 0 amide bonds. The number of pyridine rings is 1. The van der Waals surface area contributed by atoms with Crippen LogP contribution in [0.4, 0.5) is 5.69 Å². The van der Waals surface area contributed by atoms with Crippen molar-refractivity contribution in [1.29, 1.82) is 0 Å². The van der Waals surface area contributed by atoms with Crippen molar-refractivity contribution in [3.8, 4) is 0 Å². The fourth-order valence-electron chi connectivity index (χ4n) is 3.08. The minimum atomic E-state index is -4.05. The van der Waals surface area contributed by atoms with Gasteiger partial charge in [0, 0.05) is 38.1 Å². The quantitative estimate of drug-likeness (QED) is 0.610. The van der Waals surface area contributed by atoms with E-state index in [1.807, 2.05) is 6.07 Å². The first-order chi connectivity index (χ1) is 12.3. The number of nitrogens with zero attached hydrogens (tertiary/aromatic N) is 3. The first-order valence-electron chi connectivity index (χ1n) is 8.20. The van der Waals surface area contributed by atoms with E-state index in [1.165, 1.54) is 16.4 Å². The number of nitro groups is 1. The lowest BCUT2D eigenvalue weighted by molar-refractivity contribution is -0.387. The van der Waals surface area contributed by atoms with Crippen LogP contribution < -0.4 is 5.32 Å². The summed E-state index contributed by atoms with van der Waals surface area (Å²) in [4.78, 5) is 14.6. The van der Waals surface area contributed by atoms with Crippen molar-refractivity contribution in [3.05, 3.63) is 63.5 Å². The number of sulfonamides is 1. The molecule has 27 heavy (non-hydrogen) atoms. The summed E-state index contributed by atoms with van der Waals surface area (Å²) in [6.07, 6.45) is 3.24. The molecule has 3 rings (SSSR count). The largest absolute Gasteiger partial charge is 0.313 e.